The van der Waals surface area contributed by atoms with Crippen molar-refractivity contribution in [1.29, 1.82) is 0 Å². The third-order valence-electron chi connectivity index (χ3n) is 5.24. The van der Waals surface area contributed by atoms with E-state index < -0.39 is 0 Å². The first-order chi connectivity index (χ1) is 13.1. The summed E-state index contributed by atoms with van der Waals surface area (Å²) in [6, 6.07) is 15.4. The third-order valence-corrected chi connectivity index (χ3v) is 5.57. The molecule has 0 unspecified atom stereocenters. The van der Waals surface area contributed by atoms with Crippen LogP contribution in [0.25, 0.3) is 10.9 Å². The number of benzene rings is 2. The molecule has 138 valence electrons. The number of hydrogen-bond acceptors (Lipinski definition) is 3. The van der Waals surface area contributed by atoms with Gasteiger partial charge in [-0.15, -0.1) is 0 Å². The lowest BCUT2D eigenvalue weighted by Gasteiger charge is -2.25. The van der Waals surface area contributed by atoms with Gasteiger partial charge in [0.25, 0.3) is 11.5 Å². The van der Waals surface area contributed by atoms with Crippen LogP contribution in [0.4, 0.5) is 0 Å². The molecule has 3 aromatic rings. The summed E-state index contributed by atoms with van der Waals surface area (Å²) >= 11 is 5.28. The lowest BCUT2D eigenvalue weighted by molar-refractivity contribution is 0.0736. The number of H-pyrrole nitrogens is 1. The van der Waals surface area contributed by atoms with Gasteiger partial charge >= 0.3 is 0 Å². The number of aromatic nitrogens is 2. The maximum atomic E-state index is 13.2. The second-order valence-electron chi connectivity index (χ2n) is 6.81. The highest BCUT2D eigenvalue weighted by Gasteiger charge is 2.30. The maximum Gasteiger partial charge on any atom is 0.262 e. The Hall–Kier alpha value is -2.73. The monoisotopic (exact) mass is 379 g/mol. The molecule has 1 amide bonds. The Balaban J connectivity index is 1.72. The number of aromatic amines is 1. The van der Waals surface area contributed by atoms with Crippen LogP contribution < -0.4 is 5.56 Å². The van der Waals surface area contributed by atoms with Crippen LogP contribution >= 0.6 is 12.2 Å². The average molecular weight is 379 g/mol. The number of nitrogens with zero attached hydrogens (tertiary/aromatic N) is 2. The van der Waals surface area contributed by atoms with Crippen molar-refractivity contribution in [3.05, 3.63) is 74.8 Å². The molecule has 1 aliphatic rings. The smallest absolute Gasteiger partial charge is 0.262 e. The predicted octanol–water partition coefficient (Wildman–Crippen LogP) is 4.06. The van der Waals surface area contributed by atoms with Gasteiger partial charge in [-0.3, -0.25) is 14.2 Å². The first-order valence-corrected chi connectivity index (χ1v) is 9.63. The second kappa shape index (κ2) is 7.12. The van der Waals surface area contributed by atoms with Gasteiger partial charge in [-0.25, -0.2) is 0 Å². The molecular weight excluding hydrogens is 358 g/mol. The van der Waals surface area contributed by atoms with E-state index >= 15 is 0 Å². The number of nitrogens with one attached hydrogen (secondary N) is 1. The van der Waals surface area contributed by atoms with Crippen molar-refractivity contribution in [2.45, 2.75) is 32.4 Å². The van der Waals surface area contributed by atoms with E-state index in [-0.39, 0.29) is 17.5 Å². The molecule has 6 heteroatoms. The molecule has 4 rings (SSSR count). The number of hydrogen-bond donors (Lipinski definition) is 1. The molecule has 1 aromatic heterocycles. The summed E-state index contributed by atoms with van der Waals surface area (Å²) in [5.41, 5.74) is 2.22. The molecule has 1 fully saturated rings. The zero-order valence-corrected chi connectivity index (χ0v) is 16.0. The SMILES string of the molecule is CCn1c(=S)[nH]c2cc(C(=O)N3CCC[C@@H]3c3ccccc3)ccc2c1=O. The van der Waals surface area contributed by atoms with Crippen molar-refractivity contribution in [2.24, 2.45) is 0 Å². The highest BCUT2D eigenvalue weighted by molar-refractivity contribution is 7.71. The largest absolute Gasteiger partial charge is 0.332 e. The van der Waals surface area contributed by atoms with Gasteiger partial charge in [-0.2, -0.15) is 0 Å². The van der Waals surface area contributed by atoms with E-state index in [9.17, 15) is 9.59 Å². The van der Waals surface area contributed by atoms with E-state index in [2.05, 4.69) is 17.1 Å². The van der Waals surface area contributed by atoms with Crippen LogP contribution in [0.1, 0.15) is 41.7 Å². The van der Waals surface area contributed by atoms with Gasteiger partial charge in [0, 0.05) is 18.7 Å². The first-order valence-electron chi connectivity index (χ1n) is 9.23. The van der Waals surface area contributed by atoms with E-state index in [0.717, 1.165) is 24.9 Å². The molecule has 1 atom stereocenters. The molecule has 1 saturated heterocycles. The number of fused-ring (bicyclic) bond motifs is 1. The van der Waals surface area contributed by atoms with Crippen molar-refractivity contribution in [1.82, 2.24) is 14.5 Å². The van der Waals surface area contributed by atoms with E-state index in [4.69, 9.17) is 12.2 Å². The van der Waals surface area contributed by atoms with Crippen molar-refractivity contribution in [3.63, 3.8) is 0 Å². The third kappa shape index (κ3) is 3.10. The van der Waals surface area contributed by atoms with Crippen LogP contribution in [0.3, 0.4) is 0 Å². The van der Waals surface area contributed by atoms with E-state index in [1.807, 2.05) is 30.0 Å². The Morgan fingerprint density at radius 3 is 2.74 bits per heavy atom. The van der Waals surface area contributed by atoms with Crippen LogP contribution in [0.2, 0.25) is 0 Å². The highest BCUT2D eigenvalue weighted by Crippen LogP contribution is 2.33. The van der Waals surface area contributed by atoms with Crippen molar-refractivity contribution in [2.75, 3.05) is 6.54 Å². The second-order valence-corrected chi connectivity index (χ2v) is 7.19. The molecule has 5 nitrogen and oxygen atoms in total. The minimum Gasteiger partial charge on any atom is -0.332 e. The standard InChI is InChI=1S/C21H21N3O2S/c1-2-23-20(26)16-11-10-15(13-17(16)22-21(23)27)19(25)24-12-6-9-18(24)14-7-4-3-5-8-14/h3-5,7-8,10-11,13,18H,2,6,9,12H2,1H3,(H,22,27)/t18-/m1/s1. The minimum absolute atomic E-state index is 0.0118. The number of carbonyl (C=O) groups excluding carboxylic acids is 1. The molecule has 0 radical (unpaired) electrons. The Morgan fingerprint density at radius 1 is 1.22 bits per heavy atom. The molecular formula is C21H21N3O2S. The molecule has 0 bridgehead atoms. The molecule has 0 saturated carbocycles. The Kier molecular flexibility index (Phi) is 4.66. The first kappa shape index (κ1) is 17.7. The van der Waals surface area contributed by atoms with Gasteiger partial charge in [0.05, 0.1) is 16.9 Å². The molecule has 2 heterocycles. The molecule has 0 spiro atoms. The van der Waals surface area contributed by atoms with Crippen LogP contribution in [0, 0.1) is 4.77 Å². The van der Waals surface area contributed by atoms with E-state index in [0.29, 0.717) is 27.8 Å². The molecule has 27 heavy (non-hydrogen) atoms. The minimum atomic E-state index is -0.126. The number of carbonyl (C=O) groups is 1. The van der Waals surface area contributed by atoms with E-state index in [1.54, 1.807) is 18.2 Å². The predicted molar refractivity (Wildman–Crippen MR) is 109 cm³/mol. The fraction of sp³-hybridized carbons (Fsp3) is 0.286. The summed E-state index contributed by atoms with van der Waals surface area (Å²) in [5, 5.41) is 0.544. The fourth-order valence-electron chi connectivity index (χ4n) is 3.87. The summed E-state index contributed by atoms with van der Waals surface area (Å²) in [6.07, 6.45) is 1.95. The molecule has 2 aromatic carbocycles. The maximum absolute atomic E-state index is 13.2. The van der Waals surface area contributed by atoms with Crippen LogP contribution in [0.5, 0.6) is 0 Å². The van der Waals surface area contributed by atoms with Gasteiger partial charge in [0.2, 0.25) is 0 Å². The lowest BCUT2D eigenvalue weighted by atomic mass is 10.0. The lowest BCUT2D eigenvalue weighted by Crippen LogP contribution is -2.30. The summed E-state index contributed by atoms with van der Waals surface area (Å²) in [4.78, 5) is 30.7. The molecule has 0 aliphatic carbocycles. The summed E-state index contributed by atoms with van der Waals surface area (Å²) < 4.78 is 1.90. The normalized spacial score (nSPS) is 16.8. The topological polar surface area (TPSA) is 58.1 Å². The van der Waals surface area contributed by atoms with Crippen LogP contribution in [-0.4, -0.2) is 26.9 Å². The molecule has 1 aliphatic heterocycles. The van der Waals surface area contributed by atoms with Gasteiger partial charge in [0.15, 0.2) is 4.77 Å². The van der Waals surface area contributed by atoms with Crippen molar-refractivity contribution in [3.8, 4) is 0 Å². The summed E-state index contributed by atoms with van der Waals surface area (Å²) in [5.74, 6) is -0.0118. The fourth-order valence-corrected chi connectivity index (χ4v) is 4.19. The van der Waals surface area contributed by atoms with Crippen LogP contribution in [-0.2, 0) is 6.54 Å². The Labute approximate surface area is 162 Å². The van der Waals surface area contributed by atoms with Gasteiger partial charge in [-0.1, -0.05) is 30.3 Å². The number of amides is 1. The number of likely N-dealkylation sites (tertiary alicyclic amines) is 1. The number of rotatable bonds is 3. The van der Waals surface area contributed by atoms with Crippen molar-refractivity contribution >= 4 is 29.0 Å². The van der Waals surface area contributed by atoms with Crippen LogP contribution in [0.15, 0.2) is 53.3 Å². The summed E-state index contributed by atoms with van der Waals surface area (Å²) in [7, 11) is 0. The Bertz CT molecular complexity index is 1120. The van der Waals surface area contributed by atoms with Gasteiger partial charge < -0.3 is 9.88 Å². The highest BCUT2D eigenvalue weighted by atomic mass is 32.1. The Morgan fingerprint density at radius 2 is 2.00 bits per heavy atom. The van der Waals surface area contributed by atoms with Gasteiger partial charge in [-0.05, 0) is 55.7 Å². The van der Waals surface area contributed by atoms with Gasteiger partial charge in [0.1, 0.15) is 0 Å². The summed E-state index contributed by atoms with van der Waals surface area (Å²) in [6.45, 7) is 3.13. The van der Waals surface area contributed by atoms with E-state index in [1.165, 1.54) is 4.57 Å². The average Bonchev–Trinajstić information content (AvgIpc) is 3.18. The zero-order chi connectivity index (χ0) is 19.0. The zero-order valence-electron chi connectivity index (χ0n) is 15.1. The molecule has 1 N–H and O–H groups in total. The van der Waals surface area contributed by atoms with Crippen molar-refractivity contribution < 1.29 is 4.79 Å². The quantitative estimate of drug-likeness (QED) is 0.698.